The monoisotopic (exact) mass is 406 g/mol. The van der Waals surface area contributed by atoms with Crippen molar-refractivity contribution in [1.29, 1.82) is 0 Å². The smallest absolute Gasteiger partial charge is 0.255 e. The van der Waals surface area contributed by atoms with E-state index in [0.717, 1.165) is 32.7 Å². The zero-order valence-corrected chi connectivity index (χ0v) is 16.1. The Hall–Kier alpha value is -1.74. The predicted octanol–water partition coefficient (Wildman–Crippen LogP) is 0.270. The molecule has 0 aromatic heterocycles. The number of carbonyl (C=O) groups excluding carboxylic acids is 2. The SMILES string of the molecule is COc1cc(C(=O)NCCN2CCNCC2)cc(Cl)c1OCC(N)=O.Cl. The Bertz CT molecular complexity index is 625. The number of amides is 2. The van der Waals surface area contributed by atoms with Crippen molar-refractivity contribution in [2.75, 3.05) is 53.0 Å². The number of primary amides is 1. The fourth-order valence-electron chi connectivity index (χ4n) is 2.50. The van der Waals surface area contributed by atoms with E-state index >= 15 is 0 Å². The topological polar surface area (TPSA) is 106 Å². The highest BCUT2D eigenvalue weighted by atomic mass is 35.5. The molecule has 2 rings (SSSR count). The molecule has 26 heavy (non-hydrogen) atoms. The van der Waals surface area contributed by atoms with Gasteiger partial charge in [-0.2, -0.15) is 0 Å². The Morgan fingerprint density at radius 3 is 2.65 bits per heavy atom. The van der Waals surface area contributed by atoms with Crippen LogP contribution >= 0.6 is 24.0 Å². The summed E-state index contributed by atoms with van der Waals surface area (Å²) in [6, 6.07) is 2.99. The standard InChI is InChI=1S/C16H23ClN4O4.ClH/c1-24-13-9-11(8-12(17)15(13)25-10-14(18)22)16(23)20-4-7-21-5-2-19-3-6-21;/h8-9,19H,2-7,10H2,1H3,(H2,18,22)(H,20,23);1H. The minimum absolute atomic E-state index is 0. The van der Waals surface area contributed by atoms with Crippen LogP contribution < -0.4 is 25.8 Å². The number of rotatable bonds is 8. The molecule has 0 unspecified atom stereocenters. The maximum absolute atomic E-state index is 12.3. The Morgan fingerprint density at radius 2 is 2.04 bits per heavy atom. The van der Waals surface area contributed by atoms with E-state index in [0.29, 0.717) is 12.1 Å². The summed E-state index contributed by atoms with van der Waals surface area (Å²) in [5.74, 6) is -0.439. The van der Waals surface area contributed by atoms with Crippen LogP contribution in [-0.2, 0) is 4.79 Å². The van der Waals surface area contributed by atoms with E-state index in [1.807, 2.05) is 0 Å². The van der Waals surface area contributed by atoms with Crippen molar-refractivity contribution in [3.8, 4) is 11.5 Å². The fourth-order valence-corrected chi connectivity index (χ4v) is 2.76. The van der Waals surface area contributed by atoms with Crippen LogP contribution in [-0.4, -0.2) is 69.7 Å². The third-order valence-electron chi connectivity index (χ3n) is 3.77. The summed E-state index contributed by atoms with van der Waals surface area (Å²) in [4.78, 5) is 25.4. The van der Waals surface area contributed by atoms with Gasteiger partial charge < -0.3 is 25.8 Å². The third-order valence-corrected chi connectivity index (χ3v) is 4.05. The molecule has 0 spiro atoms. The normalized spacial score (nSPS) is 14.2. The quantitative estimate of drug-likeness (QED) is 0.571. The molecule has 1 aromatic carbocycles. The van der Waals surface area contributed by atoms with E-state index in [1.54, 1.807) is 0 Å². The summed E-state index contributed by atoms with van der Waals surface area (Å²) < 4.78 is 10.4. The molecule has 8 nitrogen and oxygen atoms in total. The van der Waals surface area contributed by atoms with E-state index in [9.17, 15) is 9.59 Å². The fraction of sp³-hybridized carbons (Fsp3) is 0.500. The number of benzene rings is 1. The number of nitrogens with zero attached hydrogens (tertiary/aromatic N) is 1. The van der Waals surface area contributed by atoms with Gasteiger partial charge in [-0.15, -0.1) is 12.4 Å². The lowest BCUT2D eigenvalue weighted by atomic mass is 10.2. The Kier molecular flexibility index (Phi) is 9.50. The van der Waals surface area contributed by atoms with Crippen molar-refractivity contribution >= 4 is 35.8 Å². The van der Waals surface area contributed by atoms with Crippen molar-refractivity contribution in [3.63, 3.8) is 0 Å². The number of piperazine rings is 1. The van der Waals surface area contributed by atoms with Gasteiger partial charge in [0.05, 0.1) is 12.1 Å². The molecule has 1 aromatic rings. The van der Waals surface area contributed by atoms with Gasteiger partial charge in [0, 0.05) is 44.8 Å². The van der Waals surface area contributed by atoms with Crippen LogP contribution in [0.1, 0.15) is 10.4 Å². The molecule has 0 atom stereocenters. The van der Waals surface area contributed by atoms with E-state index in [-0.39, 0.29) is 41.4 Å². The number of methoxy groups -OCH3 is 1. The maximum atomic E-state index is 12.3. The second kappa shape index (κ2) is 11.1. The summed E-state index contributed by atoms with van der Waals surface area (Å²) in [6.45, 7) is 4.88. The number of carbonyl (C=O) groups is 2. The number of nitrogens with one attached hydrogen (secondary N) is 2. The van der Waals surface area contributed by atoms with Crippen molar-refractivity contribution < 1.29 is 19.1 Å². The Balaban J connectivity index is 0.00000338. The van der Waals surface area contributed by atoms with Gasteiger partial charge in [-0.05, 0) is 12.1 Å². The summed E-state index contributed by atoms with van der Waals surface area (Å²) in [5.41, 5.74) is 5.41. The highest BCUT2D eigenvalue weighted by Crippen LogP contribution is 2.36. The van der Waals surface area contributed by atoms with Crippen molar-refractivity contribution in [2.45, 2.75) is 0 Å². The molecule has 1 saturated heterocycles. The van der Waals surface area contributed by atoms with Gasteiger partial charge in [0.15, 0.2) is 18.1 Å². The highest BCUT2D eigenvalue weighted by molar-refractivity contribution is 6.32. The van der Waals surface area contributed by atoms with Crippen LogP contribution in [0.4, 0.5) is 0 Å². The molecule has 1 heterocycles. The van der Waals surface area contributed by atoms with Gasteiger partial charge in [0.25, 0.3) is 11.8 Å². The summed E-state index contributed by atoms with van der Waals surface area (Å²) in [7, 11) is 1.43. The molecular weight excluding hydrogens is 383 g/mol. The lowest BCUT2D eigenvalue weighted by Crippen LogP contribution is -2.46. The lowest BCUT2D eigenvalue weighted by Gasteiger charge is -2.27. The molecule has 1 aliphatic rings. The number of halogens is 2. The average Bonchev–Trinajstić information content (AvgIpc) is 2.60. The Labute approximate surface area is 163 Å². The van der Waals surface area contributed by atoms with Crippen LogP contribution in [0.2, 0.25) is 5.02 Å². The van der Waals surface area contributed by atoms with Gasteiger partial charge in [0.1, 0.15) is 0 Å². The van der Waals surface area contributed by atoms with Crippen LogP contribution in [0.3, 0.4) is 0 Å². The zero-order valence-electron chi connectivity index (χ0n) is 14.5. The van der Waals surface area contributed by atoms with Gasteiger partial charge in [-0.1, -0.05) is 11.6 Å². The van der Waals surface area contributed by atoms with E-state index in [1.165, 1.54) is 19.2 Å². The first-order chi connectivity index (χ1) is 12.0. The van der Waals surface area contributed by atoms with Gasteiger partial charge in [-0.25, -0.2) is 0 Å². The molecular formula is C16H24Cl2N4O4. The minimum atomic E-state index is -0.632. The summed E-state index contributed by atoms with van der Waals surface area (Å²) >= 11 is 6.14. The summed E-state index contributed by atoms with van der Waals surface area (Å²) in [6.07, 6.45) is 0. The van der Waals surface area contributed by atoms with Gasteiger partial charge in [0.2, 0.25) is 0 Å². The zero-order chi connectivity index (χ0) is 18.2. The predicted molar refractivity (Wildman–Crippen MR) is 102 cm³/mol. The number of hydrogen-bond acceptors (Lipinski definition) is 6. The molecule has 2 amide bonds. The first kappa shape index (κ1) is 22.3. The molecule has 0 radical (unpaired) electrons. The number of ether oxygens (including phenoxy) is 2. The number of hydrogen-bond donors (Lipinski definition) is 3. The van der Waals surface area contributed by atoms with Gasteiger partial charge in [-0.3, -0.25) is 14.5 Å². The molecule has 0 aliphatic carbocycles. The first-order valence-corrected chi connectivity index (χ1v) is 8.39. The molecule has 1 fully saturated rings. The van der Waals surface area contributed by atoms with Crippen molar-refractivity contribution in [2.24, 2.45) is 5.73 Å². The maximum Gasteiger partial charge on any atom is 0.255 e. The van der Waals surface area contributed by atoms with E-state index < -0.39 is 5.91 Å². The van der Waals surface area contributed by atoms with Crippen LogP contribution in [0.15, 0.2) is 12.1 Å². The first-order valence-electron chi connectivity index (χ1n) is 8.01. The molecule has 10 heteroatoms. The molecule has 0 bridgehead atoms. The van der Waals surface area contributed by atoms with E-state index in [4.69, 9.17) is 26.8 Å². The second-order valence-electron chi connectivity index (χ2n) is 5.59. The lowest BCUT2D eigenvalue weighted by molar-refractivity contribution is -0.119. The van der Waals surface area contributed by atoms with Gasteiger partial charge >= 0.3 is 0 Å². The Morgan fingerprint density at radius 1 is 1.35 bits per heavy atom. The van der Waals surface area contributed by atoms with Crippen LogP contribution in [0, 0.1) is 0 Å². The third kappa shape index (κ3) is 6.53. The second-order valence-corrected chi connectivity index (χ2v) is 6.00. The number of nitrogens with two attached hydrogens (primary N) is 1. The average molecular weight is 407 g/mol. The molecule has 146 valence electrons. The van der Waals surface area contributed by atoms with Crippen molar-refractivity contribution in [3.05, 3.63) is 22.7 Å². The van der Waals surface area contributed by atoms with Crippen LogP contribution in [0.5, 0.6) is 11.5 Å². The molecule has 1 aliphatic heterocycles. The van der Waals surface area contributed by atoms with E-state index in [2.05, 4.69) is 15.5 Å². The highest BCUT2D eigenvalue weighted by Gasteiger charge is 2.17. The summed E-state index contributed by atoms with van der Waals surface area (Å²) in [5, 5.41) is 6.32. The molecule has 0 saturated carbocycles. The largest absolute Gasteiger partial charge is 0.493 e. The van der Waals surface area contributed by atoms with Crippen molar-refractivity contribution in [1.82, 2.24) is 15.5 Å². The minimum Gasteiger partial charge on any atom is -0.493 e. The molecule has 4 N–H and O–H groups in total. The van der Waals surface area contributed by atoms with Crippen LogP contribution in [0.25, 0.3) is 0 Å².